The maximum absolute atomic E-state index is 11.6. The van der Waals surface area contributed by atoms with Crippen LogP contribution in [0.5, 0.6) is 0 Å². The highest BCUT2D eigenvalue weighted by atomic mass is 16.3. The van der Waals surface area contributed by atoms with Gasteiger partial charge in [-0.1, -0.05) is 6.42 Å². The fourth-order valence-electron chi connectivity index (χ4n) is 1.81. The highest BCUT2D eigenvalue weighted by molar-refractivity contribution is 5.79. The van der Waals surface area contributed by atoms with Gasteiger partial charge in [0.2, 0.25) is 5.91 Å². The number of furan rings is 1. The minimum atomic E-state index is 0.157. The maximum Gasteiger partial charge on any atom is 0.223 e. The summed E-state index contributed by atoms with van der Waals surface area (Å²) < 4.78 is 5.24. The molecule has 3 heteroatoms. The molecule has 0 bridgehead atoms. The summed E-state index contributed by atoms with van der Waals surface area (Å²) in [7, 11) is 0. The number of hydrogen-bond acceptors (Lipinski definition) is 2. The van der Waals surface area contributed by atoms with Gasteiger partial charge in [-0.2, -0.15) is 0 Å². The van der Waals surface area contributed by atoms with Crippen molar-refractivity contribution in [2.24, 2.45) is 5.92 Å². The average Bonchev–Trinajstić information content (AvgIpc) is 2.52. The average molecular weight is 207 g/mol. The van der Waals surface area contributed by atoms with Crippen molar-refractivity contribution in [1.29, 1.82) is 0 Å². The normalized spacial score (nSPS) is 18.2. The van der Waals surface area contributed by atoms with Crippen LogP contribution in [-0.2, 0) is 11.2 Å². The van der Waals surface area contributed by atoms with Crippen molar-refractivity contribution >= 4 is 5.91 Å². The molecule has 3 nitrogen and oxygen atoms in total. The Morgan fingerprint density at radius 3 is 3.00 bits per heavy atom. The van der Waals surface area contributed by atoms with E-state index in [0.29, 0.717) is 0 Å². The van der Waals surface area contributed by atoms with Gasteiger partial charge in [0, 0.05) is 18.4 Å². The summed E-state index contributed by atoms with van der Waals surface area (Å²) in [5.74, 6) is 1.40. The Hall–Kier alpha value is -1.25. The molecule has 0 unspecified atom stereocenters. The maximum atomic E-state index is 11.6. The molecule has 1 aliphatic carbocycles. The number of amides is 1. The van der Waals surface area contributed by atoms with Crippen LogP contribution in [0.1, 0.15) is 31.9 Å². The van der Waals surface area contributed by atoms with Gasteiger partial charge in [-0.3, -0.25) is 4.79 Å². The van der Waals surface area contributed by atoms with Crippen LogP contribution in [0.15, 0.2) is 22.8 Å². The van der Waals surface area contributed by atoms with Crippen molar-refractivity contribution in [2.75, 3.05) is 0 Å². The van der Waals surface area contributed by atoms with Crippen LogP contribution in [0.3, 0.4) is 0 Å². The molecule has 82 valence electrons. The van der Waals surface area contributed by atoms with Gasteiger partial charge in [0.1, 0.15) is 5.76 Å². The minimum Gasteiger partial charge on any atom is -0.469 e. The zero-order chi connectivity index (χ0) is 10.7. The van der Waals surface area contributed by atoms with Crippen LogP contribution in [0.2, 0.25) is 0 Å². The largest absolute Gasteiger partial charge is 0.469 e. The van der Waals surface area contributed by atoms with E-state index < -0.39 is 0 Å². The Morgan fingerprint density at radius 2 is 2.47 bits per heavy atom. The van der Waals surface area contributed by atoms with E-state index in [4.69, 9.17) is 4.42 Å². The number of nitrogens with one attached hydrogen (secondary N) is 1. The lowest BCUT2D eigenvalue weighted by molar-refractivity contribution is -0.128. The fraction of sp³-hybridized carbons (Fsp3) is 0.583. The van der Waals surface area contributed by atoms with E-state index in [-0.39, 0.29) is 17.9 Å². The fourth-order valence-corrected chi connectivity index (χ4v) is 1.81. The number of carbonyl (C=O) groups excluding carboxylic acids is 1. The molecule has 1 N–H and O–H groups in total. The summed E-state index contributed by atoms with van der Waals surface area (Å²) >= 11 is 0. The van der Waals surface area contributed by atoms with E-state index in [2.05, 4.69) is 5.32 Å². The van der Waals surface area contributed by atoms with Crippen LogP contribution < -0.4 is 5.32 Å². The van der Waals surface area contributed by atoms with Crippen LogP contribution in [-0.4, -0.2) is 11.9 Å². The lowest BCUT2D eigenvalue weighted by atomic mass is 9.84. The summed E-state index contributed by atoms with van der Waals surface area (Å²) in [6.45, 7) is 2.01. The van der Waals surface area contributed by atoms with Gasteiger partial charge in [0.05, 0.1) is 6.26 Å². The van der Waals surface area contributed by atoms with Crippen LogP contribution >= 0.6 is 0 Å². The van der Waals surface area contributed by atoms with Crippen molar-refractivity contribution in [3.8, 4) is 0 Å². The Morgan fingerprint density at radius 1 is 1.67 bits per heavy atom. The second-order valence-electron chi connectivity index (χ2n) is 4.32. The van der Waals surface area contributed by atoms with E-state index >= 15 is 0 Å². The van der Waals surface area contributed by atoms with Crippen molar-refractivity contribution in [3.63, 3.8) is 0 Å². The quantitative estimate of drug-likeness (QED) is 0.821. The number of hydrogen-bond donors (Lipinski definition) is 1. The smallest absolute Gasteiger partial charge is 0.223 e. The molecule has 0 aromatic carbocycles. The molecule has 1 aliphatic rings. The highest BCUT2D eigenvalue weighted by Gasteiger charge is 2.25. The summed E-state index contributed by atoms with van der Waals surface area (Å²) in [5.41, 5.74) is 0. The molecule has 2 rings (SSSR count). The Bertz CT molecular complexity index is 314. The summed E-state index contributed by atoms with van der Waals surface area (Å²) in [5, 5.41) is 3.02. The van der Waals surface area contributed by atoms with Gasteiger partial charge >= 0.3 is 0 Å². The first-order valence-electron chi connectivity index (χ1n) is 5.58. The van der Waals surface area contributed by atoms with E-state index in [0.717, 1.165) is 25.0 Å². The predicted octanol–water partition coefficient (Wildman–Crippen LogP) is 2.13. The third-order valence-electron chi connectivity index (χ3n) is 2.95. The van der Waals surface area contributed by atoms with E-state index in [1.807, 2.05) is 19.1 Å². The second kappa shape index (κ2) is 4.51. The molecule has 1 heterocycles. The van der Waals surface area contributed by atoms with E-state index in [1.54, 1.807) is 6.26 Å². The first-order valence-corrected chi connectivity index (χ1v) is 5.58. The van der Waals surface area contributed by atoms with Crippen molar-refractivity contribution in [3.05, 3.63) is 24.2 Å². The third kappa shape index (κ3) is 2.61. The minimum absolute atomic E-state index is 0.157. The molecule has 1 amide bonds. The molecular weight excluding hydrogens is 190 g/mol. The molecule has 1 atom stereocenters. The van der Waals surface area contributed by atoms with Crippen LogP contribution in [0.25, 0.3) is 0 Å². The zero-order valence-corrected chi connectivity index (χ0v) is 9.03. The lowest BCUT2D eigenvalue weighted by Gasteiger charge is -2.25. The van der Waals surface area contributed by atoms with Crippen LogP contribution in [0.4, 0.5) is 0 Å². The zero-order valence-electron chi connectivity index (χ0n) is 9.03. The van der Waals surface area contributed by atoms with E-state index in [9.17, 15) is 4.79 Å². The lowest BCUT2D eigenvalue weighted by Crippen LogP contribution is -2.40. The first kappa shape index (κ1) is 10.3. The van der Waals surface area contributed by atoms with Crippen molar-refractivity contribution < 1.29 is 9.21 Å². The van der Waals surface area contributed by atoms with Gasteiger partial charge in [0.15, 0.2) is 0 Å². The SMILES string of the molecule is C[C@H](Cc1ccco1)NC(=O)C1CCC1. The van der Waals surface area contributed by atoms with Gasteiger partial charge in [-0.05, 0) is 31.9 Å². The molecule has 0 radical (unpaired) electrons. The monoisotopic (exact) mass is 207 g/mol. The molecule has 0 aliphatic heterocycles. The van der Waals surface area contributed by atoms with Gasteiger partial charge in [0.25, 0.3) is 0 Å². The van der Waals surface area contributed by atoms with Crippen molar-refractivity contribution in [2.45, 2.75) is 38.6 Å². The number of rotatable bonds is 4. The first-order chi connectivity index (χ1) is 7.25. The second-order valence-corrected chi connectivity index (χ2v) is 4.32. The Kier molecular flexibility index (Phi) is 3.09. The predicted molar refractivity (Wildman–Crippen MR) is 57.4 cm³/mol. The van der Waals surface area contributed by atoms with Gasteiger partial charge in [-0.25, -0.2) is 0 Å². The molecule has 1 aromatic rings. The molecule has 1 aromatic heterocycles. The Labute approximate surface area is 89.9 Å². The van der Waals surface area contributed by atoms with Crippen molar-refractivity contribution in [1.82, 2.24) is 5.32 Å². The van der Waals surface area contributed by atoms with Gasteiger partial charge < -0.3 is 9.73 Å². The molecular formula is C12H17NO2. The van der Waals surface area contributed by atoms with E-state index in [1.165, 1.54) is 6.42 Å². The van der Waals surface area contributed by atoms with Crippen LogP contribution in [0, 0.1) is 5.92 Å². The number of carbonyl (C=O) groups is 1. The highest BCUT2D eigenvalue weighted by Crippen LogP contribution is 2.26. The van der Waals surface area contributed by atoms with Gasteiger partial charge in [-0.15, -0.1) is 0 Å². The summed E-state index contributed by atoms with van der Waals surface area (Å²) in [4.78, 5) is 11.6. The third-order valence-corrected chi connectivity index (χ3v) is 2.95. The molecule has 1 saturated carbocycles. The summed E-state index contributed by atoms with van der Waals surface area (Å²) in [6.07, 6.45) is 5.74. The molecule has 0 saturated heterocycles. The Balaban J connectivity index is 1.76. The standard InChI is InChI=1S/C12H17NO2/c1-9(8-11-6-3-7-15-11)13-12(14)10-4-2-5-10/h3,6-7,9-10H,2,4-5,8H2,1H3,(H,13,14)/t9-/m1/s1. The topological polar surface area (TPSA) is 42.2 Å². The summed E-state index contributed by atoms with van der Waals surface area (Å²) in [6, 6.07) is 3.96. The molecule has 15 heavy (non-hydrogen) atoms. The molecule has 1 fully saturated rings. The molecule has 0 spiro atoms.